The van der Waals surface area contributed by atoms with Crippen molar-refractivity contribution in [3.05, 3.63) is 18.0 Å². The molecule has 0 aliphatic carbocycles. The van der Waals surface area contributed by atoms with Crippen LogP contribution in [-0.4, -0.2) is 32.8 Å². The number of aryl methyl sites for hydroxylation is 1. The second-order valence-electron chi connectivity index (χ2n) is 5.07. The molecule has 17 heavy (non-hydrogen) atoms. The molecule has 94 valence electrons. The third-order valence-electron chi connectivity index (χ3n) is 2.76. The van der Waals surface area contributed by atoms with Crippen molar-refractivity contribution in [2.75, 3.05) is 12.3 Å². The highest BCUT2D eigenvalue weighted by molar-refractivity contribution is 8.13. The van der Waals surface area contributed by atoms with Gasteiger partial charge in [0.2, 0.25) is 0 Å². The molecular formula is C12H20N4S. The standard InChI is InChI=1S/C12H20N4S/c1-10-8-14-16(9-10)6-5-13-11-15-12(2,3)4-7-17-11/h8-9H,4-7H2,1-3H3,(H,13,15). The normalized spacial score (nSPS) is 21.5. The van der Waals surface area contributed by atoms with E-state index in [9.17, 15) is 0 Å². The van der Waals surface area contributed by atoms with Crippen LogP contribution in [0.1, 0.15) is 25.8 Å². The predicted octanol–water partition coefficient (Wildman–Crippen LogP) is 2.05. The third-order valence-corrected chi connectivity index (χ3v) is 3.67. The molecule has 1 aliphatic heterocycles. The van der Waals surface area contributed by atoms with Crippen LogP contribution in [0.4, 0.5) is 0 Å². The Kier molecular flexibility index (Phi) is 3.76. The smallest absolute Gasteiger partial charge is 0.157 e. The minimum atomic E-state index is 0.187. The van der Waals surface area contributed by atoms with Crippen molar-refractivity contribution in [1.82, 2.24) is 15.1 Å². The summed E-state index contributed by atoms with van der Waals surface area (Å²) < 4.78 is 1.94. The molecule has 2 rings (SSSR count). The van der Waals surface area contributed by atoms with Crippen LogP contribution in [0.25, 0.3) is 0 Å². The number of amidine groups is 1. The van der Waals surface area contributed by atoms with Gasteiger partial charge in [-0.2, -0.15) is 5.10 Å². The zero-order chi connectivity index (χ0) is 12.3. The van der Waals surface area contributed by atoms with Crippen LogP contribution < -0.4 is 5.32 Å². The maximum absolute atomic E-state index is 4.59. The van der Waals surface area contributed by atoms with Gasteiger partial charge < -0.3 is 5.32 Å². The van der Waals surface area contributed by atoms with Crippen molar-refractivity contribution in [2.45, 2.75) is 39.3 Å². The molecule has 0 bridgehead atoms. The molecule has 2 heterocycles. The summed E-state index contributed by atoms with van der Waals surface area (Å²) in [5.74, 6) is 1.15. The average molecular weight is 252 g/mol. The number of aromatic nitrogens is 2. The van der Waals surface area contributed by atoms with E-state index in [4.69, 9.17) is 0 Å². The number of hydrogen-bond donors (Lipinski definition) is 1. The molecule has 0 saturated carbocycles. The quantitative estimate of drug-likeness (QED) is 0.895. The summed E-state index contributed by atoms with van der Waals surface area (Å²) in [6.45, 7) is 8.13. The predicted molar refractivity (Wildman–Crippen MR) is 73.6 cm³/mol. The van der Waals surface area contributed by atoms with Crippen LogP contribution >= 0.6 is 11.8 Å². The maximum atomic E-state index is 4.59. The van der Waals surface area contributed by atoms with Gasteiger partial charge in [-0.25, -0.2) is 0 Å². The lowest BCUT2D eigenvalue weighted by molar-refractivity contribution is 0.446. The van der Waals surface area contributed by atoms with Gasteiger partial charge in [0.1, 0.15) is 0 Å². The van der Waals surface area contributed by atoms with Crippen LogP contribution in [-0.2, 0) is 6.54 Å². The van der Waals surface area contributed by atoms with Gasteiger partial charge in [-0.3, -0.25) is 9.67 Å². The van der Waals surface area contributed by atoms with Crippen molar-refractivity contribution in [2.24, 2.45) is 4.99 Å². The highest BCUT2D eigenvalue weighted by Crippen LogP contribution is 2.21. The molecule has 0 amide bonds. The van der Waals surface area contributed by atoms with E-state index in [1.165, 1.54) is 12.0 Å². The fourth-order valence-electron chi connectivity index (χ4n) is 1.72. The Morgan fingerprint density at radius 3 is 3.06 bits per heavy atom. The van der Waals surface area contributed by atoms with E-state index in [1.807, 2.05) is 28.8 Å². The highest BCUT2D eigenvalue weighted by atomic mass is 32.2. The topological polar surface area (TPSA) is 42.2 Å². The molecule has 0 unspecified atom stereocenters. The summed E-state index contributed by atoms with van der Waals surface area (Å²) in [6.07, 6.45) is 5.12. The van der Waals surface area contributed by atoms with Gasteiger partial charge in [0, 0.05) is 17.5 Å². The van der Waals surface area contributed by atoms with Crippen molar-refractivity contribution in [3.63, 3.8) is 0 Å². The maximum Gasteiger partial charge on any atom is 0.157 e. The van der Waals surface area contributed by atoms with Gasteiger partial charge in [0.25, 0.3) is 0 Å². The molecule has 0 radical (unpaired) electrons. The first kappa shape index (κ1) is 12.5. The zero-order valence-corrected chi connectivity index (χ0v) is 11.5. The number of nitrogens with zero attached hydrogens (tertiary/aromatic N) is 3. The Morgan fingerprint density at radius 2 is 2.41 bits per heavy atom. The Balaban J connectivity index is 1.84. The zero-order valence-electron chi connectivity index (χ0n) is 10.7. The lowest BCUT2D eigenvalue weighted by Gasteiger charge is -2.32. The second kappa shape index (κ2) is 5.12. The van der Waals surface area contributed by atoms with E-state index in [0.29, 0.717) is 0 Å². The van der Waals surface area contributed by atoms with Crippen molar-refractivity contribution in [3.8, 4) is 0 Å². The van der Waals surface area contributed by atoms with E-state index in [0.717, 1.165) is 24.0 Å². The molecule has 1 N–H and O–H groups in total. The average Bonchev–Trinajstić information content (AvgIpc) is 2.63. The number of rotatable bonds is 3. The van der Waals surface area contributed by atoms with Crippen LogP contribution in [0, 0.1) is 6.92 Å². The lowest BCUT2D eigenvalue weighted by atomic mass is 10.0. The second-order valence-corrected chi connectivity index (χ2v) is 6.16. The van der Waals surface area contributed by atoms with Gasteiger partial charge >= 0.3 is 0 Å². The van der Waals surface area contributed by atoms with E-state index >= 15 is 0 Å². The molecule has 0 aromatic carbocycles. The van der Waals surface area contributed by atoms with Gasteiger partial charge in [-0.05, 0) is 32.8 Å². The Bertz CT molecular complexity index is 408. The molecule has 0 spiro atoms. The molecule has 1 aliphatic rings. The fourth-order valence-corrected chi connectivity index (χ4v) is 3.06. The molecule has 4 nitrogen and oxygen atoms in total. The summed E-state index contributed by atoms with van der Waals surface area (Å²) >= 11 is 1.82. The molecular weight excluding hydrogens is 232 g/mol. The van der Waals surface area contributed by atoms with Gasteiger partial charge in [-0.1, -0.05) is 11.8 Å². The van der Waals surface area contributed by atoms with Crippen LogP contribution in [0.2, 0.25) is 0 Å². The lowest BCUT2D eigenvalue weighted by Crippen LogP contribution is -2.46. The molecule has 1 aromatic rings. The number of thioether (sulfide) groups is 1. The van der Waals surface area contributed by atoms with Crippen LogP contribution in [0.15, 0.2) is 17.4 Å². The Labute approximate surface area is 107 Å². The van der Waals surface area contributed by atoms with Crippen molar-refractivity contribution < 1.29 is 0 Å². The number of aliphatic imine (C=N–C) groups is 1. The first-order chi connectivity index (χ1) is 8.05. The number of nitrogens with one attached hydrogen (secondary N) is 1. The Hall–Kier alpha value is -0.970. The minimum Gasteiger partial charge on any atom is -0.360 e. The third kappa shape index (κ3) is 3.77. The number of hydrogen-bond acceptors (Lipinski definition) is 3. The summed E-state index contributed by atoms with van der Waals surface area (Å²) in [5, 5.41) is 8.79. The van der Waals surface area contributed by atoms with Crippen molar-refractivity contribution in [1.29, 1.82) is 0 Å². The van der Waals surface area contributed by atoms with Gasteiger partial charge in [0.15, 0.2) is 5.17 Å². The van der Waals surface area contributed by atoms with Crippen molar-refractivity contribution >= 4 is 16.9 Å². The SMILES string of the molecule is Cc1cnn(CCN=C2NC(C)(C)CCS2)c1. The molecule has 1 fully saturated rings. The van der Waals surface area contributed by atoms with E-state index in [-0.39, 0.29) is 5.54 Å². The fraction of sp³-hybridized carbons (Fsp3) is 0.667. The van der Waals surface area contributed by atoms with E-state index in [1.54, 1.807) is 0 Å². The highest BCUT2D eigenvalue weighted by Gasteiger charge is 2.23. The monoisotopic (exact) mass is 252 g/mol. The minimum absolute atomic E-state index is 0.187. The summed E-state index contributed by atoms with van der Waals surface area (Å²) in [6, 6.07) is 0. The molecule has 5 heteroatoms. The summed E-state index contributed by atoms with van der Waals surface area (Å²) in [7, 11) is 0. The van der Waals surface area contributed by atoms with Gasteiger partial charge in [0.05, 0.1) is 19.3 Å². The van der Waals surface area contributed by atoms with E-state index < -0.39 is 0 Å². The van der Waals surface area contributed by atoms with Crippen LogP contribution in [0.5, 0.6) is 0 Å². The first-order valence-electron chi connectivity index (χ1n) is 6.00. The summed E-state index contributed by atoms with van der Waals surface area (Å²) in [5.41, 5.74) is 1.38. The molecule has 1 saturated heterocycles. The Morgan fingerprint density at radius 1 is 1.59 bits per heavy atom. The first-order valence-corrected chi connectivity index (χ1v) is 6.98. The molecule has 0 atom stereocenters. The summed E-state index contributed by atoms with van der Waals surface area (Å²) in [4.78, 5) is 4.59. The van der Waals surface area contributed by atoms with E-state index in [2.05, 4.69) is 36.2 Å². The molecule has 1 aromatic heterocycles. The van der Waals surface area contributed by atoms with Crippen LogP contribution in [0.3, 0.4) is 0 Å². The van der Waals surface area contributed by atoms with Gasteiger partial charge in [-0.15, -0.1) is 0 Å². The largest absolute Gasteiger partial charge is 0.360 e.